The summed E-state index contributed by atoms with van der Waals surface area (Å²) in [7, 11) is 0. The number of amides is 2. The molecule has 1 heterocycles. The van der Waals surface area contributed by atoms with Crippen molar-refractivity contribution < 1.29 is 9.59 Å². The van der Waals surface area contributed by atoms with Gasteiger partial charge in [0, 0.05) is 16.6 Å². The van der Waals surface area contributed by atoms with Crippen LogP contribution in [0.3, 0.4) is 0 Å². The highest BCUT2D eigenvalue weighted by atomic mass is 35.5. The van der Waals surface area contributed by atoms with Crippen LogP contribution < -0.4 is 16.4 Å². The van der Waals surface area contributed by atoms with Crippen LogP contribution in [0.4, 0.5) is 11.5 Å². The van der Waals surface area contributed by atoms with E-state index in [4.69, 9.17) is 28.9 Å². The van der Waals surface area contributed by atoms with E-state index in [0.717, 1.165) is 23.9 Å². The normalized spacial score (nSPS) is 11.9. The molecule has 0 radical (unpaired) electrons. The number of hydrogen-bond donors (Lipinski definition) is 4. The summed E-state index contributed by atoms with van der Waals surface area (Å²) >= 11 is 12.2. The molecule has 36 heavy (non-hydrogen) atoms. The molecule has 0 fully saturated rings. The number of rotatable bonds is 9. The van der Waals surface area contributed by atoms with E-state index in [2.05, 4.69) is 27.8 Å². The van der Waals surface area contributed by atoms with Crippen molar-refractivity contribution in [3.63, 3.8) is 0 Å². The SMILES string of the molecule is CCCc1ccc(C(=O)Nc2n[nH]c3ccc(NC(=O)C(CCN)c4ccc(Cl)c(Cl)c4)cc23)cc1. The number of H-pyrrole nitrogens is 1. The Bertz CT molecular complexity index is 1380. The number of benzene rings is 3. The molecular weight excluding hydrogens is 497 g/mol. The van der Waals surface area contributed by atoms with Gasteiger partial charge in [-0.25, -0.2) is 0 Å². The molecule has 2 amide bonds. The van der Waals surface area contributed by atoms with Gasteiger partial charge in [-0.1, -0.05) is 54.7 Å². The van der Waals surface area contributed by atoms with Crippen molar-refractivity contribution in [2.24, 2.45) is 5.73 Å². The summed E-state index contributed by atoms with van der Waals surface area (Å²) in [6.07, 6.45) is 2.46. The van der Waals surface area contributed by atoms with Crippen molar-refractivity contribution in [3.8, 4) is 0 Å². The van der Waals surface area contributed by atoms with Crippen LogP contribution in [-0.4, -0.2) is 28.6 Å². The van der Waals surface area contributed by atoms with Crippen LogP contribution in [0.1, 0.15) is 47.2 Å². The summed E-state index contributed by atoms with van der Waals surface area (Å²) in [5.41, 5.74) is 9.53. The lowest BCUT2D eigenvalue weighted by molar-refractivity contribution is -0.117. The molecule has 186 valence electrons. The molecule has 1 atom stereocenters. The molecule has 5 N–H and O–H groups in total. The predicted molar refractivity (Wildman–Crippen MR) is 146 cm³/mol. The monoisotopic (exact) mass is 523 g/mol. The van der Waals surface area contributed by atoms with E-state index in [0.29, 0.717) is 45.5 Å². The first-order valence-electron chi connectivity index (χ1n) is 11.7. The standard InChI is InChI=1S/C27H27Cl2N5O2/c1-2-3-16-4-6-17(7-5-16)26(35)32-25-21-15-19(9-11-24(21)33-34-25)31-27(36)20(12-13-30)18-8-10-22(28)23(29)14-18/h4-11,14-15,20H,2-3,12-13,30H2,1H3,(H,31,36)(H2,32,33,34,35). The van der Waals surface area contributed by atoms with Crippen molar-refractivity contribution >= 4 is 57.4 Å². The number of nitrogens with two attached hydrogens (primary N) is 1. The lowest BCUT2D eigenvalue weighted by Crippen LogP contribution is -2.23. The van der Waals surface area contributed by atoms with Crippen LogP contribution in [0.15, 0.2) is 60.7 Å². The van der Waals surface area contributed by atoms with Gasteiger partial charge in [0.05, 0.1) is 21.5 Å². The fourth-order valence-corrected chi connectivity index (χ4v) is 4.36. The highest BCUT2D eigenvalue weighted by Crippen LogP contribution is 2.30. The maximum atomic E-state index is 13.2. The Labute approximate surface area is 219 Å². The third-order valence-corrected chi connectivity index (χ3v) is 6.67. The lowest BCUT2D eigenvalue weighted by atomic mass is 9.94. The second-order valence-electron chi connectivity index (χ2n) is 8.53. The highest BCUT2D eigenvalue weighted by Gasteiger charge is 2.21. The molecule has 0 saturated carbocycles. The summed E-state index contributed by atoms with van der Waals surface area (Å²) in [6, 6.07) is 18.0. The molecule has 0 aliphatic carbocycles. The minimum absolute atomic E-state index is 0.223. The second-order valence-corrected chi connectivity index (χ2v) is 9.34. The molecule has 0 spiro atoms. The van der Waals surface area contributed by atoms with Gasteiger partial charge in [-0.15, -0.1) is 0 Å². The molecule has 0 saturated heterocycles. The summed E-state index contributed by atoms with van der Waals surface area (Å²) in [6.45, 7) is 2.44. The van der Waals surface area contributed by atoms with E-state index in [9.17, 15) is 9.59 Å². The molecule has 0 aliphatic heterocycles. The zero-order valence-electron chi connectivity index (χ0n) is 19.8. The molecule has 0 bridgehead atoms. The predicted octanol–water partition coefficient (Wildman–Crippen LogP) is 6.15. The van der Waals surface area contributed by atoms with Gasteiger partial charge in [0.2, 0.25) is 5.91 Å². The van der Waals surface area contributed by atoms with Crippen LogP contribution in [0, 0.1) is 0 Å². The van der Waals surface area contributed by atoms with E-state index in [-0.39, 0.29) is 11.8 Å². The first kappa shape index (κ1) is 25.7. The molecule has 7 nitrogen and oxygen atoms in total. The van der Waals surface area contributed by atoms with Crippen molar-refractivity contribution in [3.05, 3.63) is 87.4 Å². The number of carbonyl (C=O) groups excluding carboxylic acids is 2. The Hall–Kier alpha value is -3.39. The Morgan fingerprint density at radius 1 is 1.00 bits per heavy atom. The van der Waals surface area contributed by atoms with Gasteiger partial charge >= 0.3 is 0 Å². The smallest absolute Gasteiger partial charge is 0.256 e. The van der Waals surface area contributed by atoms with Gasteiger partial charge < -0.3 is 16.4 Å². The molecule has 0 aliphatic rings. The zero-order valence-corrected chi connectivity index (χ0v) is 21.3. The molecule has 3 aromatic carbocycles. The molecule has 4 aromatic rings. The Morgan fingerprint density at radius 2 is 1.78 bits per heavy atom. The first-order valence-corrected chi connectivity index (χ1v) is 12.5. The highest BCUT2D eigenvalue weighted by molar-refractivity contribution is 6.42. The topological polar surface area (TPSA) is 113 Å². The van der Waals surface area contributed by atoms with Crippen molar-refractivity contribution in [1.82, 2.24) is 10.2 Å². The maximum absolute atomic E-state index is 13.2. The number of aryl methyl sites for hydroxylation is 1. The minimum atomic E-state index is -0.500. The minimum Gasteiger partial charge on any atom is -0.330 e. The fraction of sp³-hybridized carbons (Fsp3) is 0.222. The number of fused-ring (bicyclic) bond motifs is 1. The van der Waals surface area contributed by atoms with E-state index >= 15 is 0 Å². The van der Waals surface area contributed by atoms with Crippen LogP contribution in [0.2, 0.25) is 10.0 Å². The quantitative estimate of drug-likeness (QED) is 0.211. The summed E-state index contributed by atoms with van der Waals surface area (Å²) in [5.74, 6) is -0.602. The second kappa shape index (κ2) is 11.6. The van der Waals surface area contributed by atoms with Gasteiger partial charge in [0.1, 0.15) is 0 Å². The van der Waals surface area contributed by atoms with Crippen LogP contribution in [0.25, 0.3) is 10.9 Å². The Kier molecular flexibility index (Phi) is 8.25. The average Bonchev–Trinajstić information content (AvgIpc) is 3.26. The third kappa shape index (κ3) is 5.87. The average molecular weight is 524 g/mol. The van der Waals surface area contributed by atoms with Gasteiger partial charge in [0.15, 0.2) is 5.82 Å². The molecule has 9 heteroatoms. The fourth-order valence-electron chi connectivity index (χ4n) is 4.05. The summed E-state index contributed by atoms with van der Waals surface area (Å²) in [5, 5.41) is 14.4. The van der Waals surface area contributed by atoms with Gasteiger partial charge in [-0.05, 0) is 73.0 Å². The Morgan fingerprint density at radius 3 is 2.47 bits per heavy atom. The summed E-state index contributed by atoms with van der Waals surface area (Å²) < 4.78 is 0. The van der Waals surface area contributed by atoms with Gasteiger partial charge in [0.25, 0.3) is 5.91 Å². The number of anilines is 2. The number of halogens is 2. The molecule has 1 unspecified atom stereocenters. The number of nitrogens with one attached hydrogen (secondary N) is 3. The first-order chi connectivity index (χ1) is 17.4. The number of hydrogen-bond acceptors (Lipinski definition) is 4. The van der Waals surface area contributed by atoms with E-state index < -0.39 is 5.92 Å². The number of aromatic amines is 1. The van der Waals surface area contributed by atoms with Gasteiger partial charge in [-0.3, -0.25) is 14.7 Å². The van der Waals surface area contributed by atoms with Crippen LogP contribution in [0.5, 0.6) is 0 Å². The van der Waals surface area contributed by atoms with E-state index in [1.165, 1.54) is 5.56 Å². The Balaban J connectivity index is 1.52. The number of carbonyl (C=O) groups is 2. The number of nitrogens with zero attached hydrogens (tertiary/aromatic N) is 1. The van der Waals surface area contributed by atoms with Crippen LogP contribution in [-0.2, 0) is 11.2 Å². The molecule has 4 rings (SSSR count). The van der Waals surface area contributed by atoms with E-state index in [1.807, 2.05) is 12.1 Å². The van der Waals surface area contributed by atoms with Crippen molar-refractivity contribution in [2.45, 2.75) is 32.1 Å². The molecule has 1 aromatic heterocycles. The van der Waals surface area contributed by atoms with Crippen molar-refractivity contribution in [1.29, 1.82) is 0 Å². The van der Waals surface area contributed by atoms with Crippen molar-refractivity contribution in [2.75, 3.05) is 17.2 Å². The lowest BCUT2D eigenvalue weighted by Gasteiger charge is -2.17. The summed E-state index contributed by atoms with van der Waals surface area (Å²) in [4.78, 5) is 25.9. The van der Waals surface area contributed by atoms with Gasteiger partial charge in [-0.2, -0.15) is 5.10 Å². The number of aromatic nitrogens is 2. The third-order valence-electron chi connectivity index (χ3n) is 5.93. The largest absolute Gasteiger partial charge is 0.330 e. The maximum Gasteiger partial charge on any atom is 0.256 e. The van der Waals surface area contributed by atoms with Crippen LogP contribution >= 0.6 is 23.2 Å². The zero-order chi connectivity index (χ0) is 25.7. The van der Waals surface area contributed by atoms with E-state index in [1.54, 1.807) is 48.5 Å². The molecular formula is C27H27Cl2N5O2.